The maximum Gasteiger partial charge on any atom is 0.425 e. The van der Waals surface area contributed by atoms with Crippen LogP contribution in [-0.2, 0) is 10.9 Å². The molecule has 1 amide bonds. The van der Waals surface area contributed by atoms with Crippen molar-refractivity contribution in [3.8, 4) is 0 Å². The molecular weight excluding hydrogens is 227 g/mol. The Hall–Kier alpha value is -1.99. The van der Waals surface area contributed by atoms with E-state index in [2.05, 4.69) is 9.72 Å². The number of hydrazine groups is 1. The number of amides is 1. The second kappa shape index (κ2) is 4.69. The van der Waals surface area contributed by atoms with Crippen LogP contribution in [0.25, 0.3) is 0 Å². The van der Waals surface area contributed by atoms with Crippen molar-refractivity contribution in [2.75, 3.05) is 12.5 Å². The average Bonchev–Trinajstić information content (AvgIpc) is 2.25. The van der Waals surface area contributed by atoms with Gasteiger partial charge in [-0.2, -0.15) is 13.2 Å². The van der Waals surface area contributed by atoms with Gasteiger partial charge in [0.2, 0.25) is 0 Å². The Morgan fingerprint density at radius 1 is 1.50 bits per heavy atom. The third-order valence-corrected chi connectivity index (χ3v) is 1.58. The van der Waals surface area contributed by atoms with Crippen molar-refractivity contribution < 1.29 is 22.7 Å². The molecule has 0 radical (unpaired) electrons. The van der Waals surface area contributed by atoms with Crippen LogP contribution in [0.15, 0.2) is 18.3 Å². The standard InChI is InChI=1S/C8H8F3N3O2/c1-16-7(15)14-13-6-5(8(9,10)11)3-2-4-12-6/h2-4H,1H3,(H,12,13)(H,14,15). The van der Waals surface area contributed by atoms with E-state index < -0.39 is 23.7 Å². The van der Waals surface area contributed by atoms with Crippen LogP contribution >= 0.6 is 0 Å². The highest BCUT2D eigenvalue weighted by Gasteiger charge is 2.34. The highest BCUT2D eigenvalue weighted by molar-refractivity contribution is 5.69. The summed E-state index contributed by atoms with van der Waals surface area (Å²) in [6.45, 7) is 0. The zero-order valence-corrected chi connectivity index (χ0v) is 8.13. The molecule has 0 aliphatic carbocycles. The largest absolute Gasteiger partial charge is 0.452 e. The Labute approximate surface area is 88.6 Å². The molecule has 0 aliphatic rings. The molecule has 0 aliphatic heterocycles. The maximum atomic E-state index is 12.4. The number of nitrogens with zero attached hydrogens (tertiary/aromatic N) is 1. The molecule has 0 bridgehead atoms. The lowest BCUT2D eigenvalue weighted by molar-refractivity contribution is -0.137. The molecule has 0 unspecified atom stereocenters. The summed E-state index contributed by atoms with van der Waals surface area (Å²) in [5, 5.41) is 0. The fourth-order valence-electron chi connectivity index (χ4n) is 0.895. The number of rotatable bonds is 2. The predicted molar refractivity (Wildman–Crippen MR) is 48.4 cm³/mol. The SMILES string of the molecule is COC(=O)NNc1ncccc1C(F)(F)F. The lowest BCUT2D eigenvalue weighted by atomic mass is 10.2. The molecule has 8 heteroatoms. The first-order chi connectivity index (χ1) is 7.45. The summed E-state index contributed by atoms with van der Waals surface area (Å²) in [4.78, 5) is 14.1. The number of carbonyl (C=O) groups is 1. The molecule has 1 rings (SSSR count). The van der Waals surface area contributed by atoms with Crippen molar-refractivity contribution in [3.63, 3.8) is 0 Å². The Bertz CT molecular complexity index is 381. The second-order valence-electron chi connectivity index (χ2n) is 2.64. The van der Waals surface area contributed by atoms with Gasteiger partial charge in [-0.25, -0.2) is 15.2 Å². The minimum atomic E-state index is -4.55. The summed E-state index contributed by atoms with van der Waals surface area (Å²) >= 11 is 0. The van der Waals surface area contributed by atoms with E-state index in [1.165, 1.54) is 0 Å². The van der Waals surface area contributed by atoms with E-state index in [1.807, 2.05) is 10.9 Å². The van der Waals surface area contributed by atoms with Crippen molar-refractivity contribution in [1.82, 2.24) is 10.4 Å². The smallest absolute Gasteiger partial charge is 0.425 e. The molecule has 1 aromatic rings. The van der Waals surface area contributed by atoms with E-state index in [1.54, 1.807) is 0 Å². The number of hydrogen-bond donors (Lipinski definition) is 2. The summed E-state index contributed by atoms with van der Waals surface area (Å²) in [6.07, 6.45) is -4.30. The van der Waals surface area contributed by atoms with E-state index >= 15 is 0 Å². The minimum absolute atomic E-state index is 0.500. The zero-order valence-electron chi connectivity index (χ0n) is 8.13. The summed E-state index contributed by atoms with van der Waals surface area (Å²) in [5.41, 5.74) is 2.92. The predicted octanol–water partition coefficient (Wildman–Crippen LogP) is 1.78. The van der Waals surface area contributed by atoms with Crippen LogP contribution in [0, 0.1) is 0 Å². The number of pyridine rings is 1. The van der Waals surface area contributed by atoms with Crippen LogP contribution < -0.4 is 10.9 Å². The second-order valence-corrected chi connectivity index (χ2v) is 2.64. The van der Waals surface area contributed by atoms with Gasteiger partial charge in [-0.05, 0) is 12.1 Å². The first-order valence-corrected chi connectivity index (χ1v) is 4.07. The zero-order chi connectivity index (χ0) is 12.2. The van der Waals surface area contributed by atoms with Gasteiger partial charge in [-0.15, -0.1) is 0 Å². The fourth-order valence-corrected chi connectivity index (χ4v) is 0.895. The molecule has 0 aromatic carbocycles. The number of methoxy groups -OCH3 is 1. The summed E-state index contributed by atoms with van der Waals surface area (Å²) in [7, 11) is 1.08. The summed E-state index contributed by atoms with van der Waals surface area (Å²) in [5.74, 6) is -0.500. The highest BCUT2D eigenvalue weighted by Crippen LogP contribution is 2.32. The van der Waals surface area contributed by atoms with Crippen molar-refractivity contribution in [2.45, 2.75) is 6.18 Å². The van der Waals surface area contributed by atoms with E-state index in [0.29, 0.717) is 0 Å². The first-order valence-electron chi connectivity index (χ1n) is 4.07. The molecule has 0 saturated heterocycles. The van der Waals surface area contributed by atoms with Crippen LogP contribution in [0.5, 0.6) is 0 Å². The van der Waals surface area contributed by atoms with Gasteiger partial charge in [0.15, 0.2) is 5.82 Å². The minimum Gasteiger partial charge on any atom is -0.452 e. The summed E-state index contributed by atoms with van der Waals surface area (Å²) < 4.78 is 41.5. The number of nitrogens with one attached hydrogen (secondary N) is 2. The molecule has 0 spiro atoms. The number of ether oxygens (including phenoxy) is 1. The van der Waals surface area contributed by atoms with Gasteiger partial charge in [0.05, 0.1) is 12.7 Å². The molecule has 0 atom stereocenters. The average molecular weight is 235 g/mol. The van der Waals surface area contributed by atoms with Crippen molar-refractivity contribution in [2.24, 2.45) is 0 Å². The Morgan fingerprint density at radius 3 is 2.75 bits per heavy atom. The number of aromatic nitrogens is 1. The van der Waals surface area contributed by atoms with Crippen LogP contribution in [-0.4, -0.2) is 18.2 Å². The van der Waals surface area contributed by atoms with Crippen LogP contribution in [0.2, 0.25) is 0 Å². The molecule has 0 saturated carbocycles. The van der Waals surface area contributed by atoms with Gasteiger partial charge in [-0.3, -0.25) is 5.43 Å². The van der Waals surface area contributed by atoms with Gasteiger partial charge in [-0.1, -0.05) is 0 Å². The fraction of sp³-hybridized carbons (Fsp3) is 0.250. The Kier molecular flexibility index (Phi) is 3.54. The molecular formula is C8H8F3N3O2. The van der Waals surface area contributed by atoms with Crippen molar-refractivity contribution >= 4 is 11.9 Å². The molecule has 16 heavy (non-hydrogen) atoms. The molecule has 88 valence electrons. The highest BCUT2D eigenvalue weighted by atomic mass is 19.4. The number of hydrogen-bond acceptors (Lipinski definition) is 4. The lowest BCUT2D eigenvalue weighted by Crippen LogP contribution is -2.30. The number of carbonyl (C=O) groups excluding carboxylic acids is 1. The quantitative estimate of drug-likeness (QED) is 0.767. The van der Waals surface area contributed by atoms with Crippen LogP contribution in [0.1, 0.15) is 5.56 Å². The van der Waals surface area contributed by atoms with Gasteiger partial charge < -0.3 is 4.74 Å². The molecule has 5 nitrogen and oxygen atoms in total. The third kappa shape index (κ3) is 3.01. The van der Waals surface area contributed by atoms with E-state index in [-0.39, 0.29) is 0 Å². The van der Waals surface area contributed by atoms with Gasteiger partial charge >= 0.3 is 12.3 Å². The van der Waals surface area contributed by atoms with Crippen molar-refractivity contribution in [1.29, 1.82) is 0 Å². The number of halogens is 3. The van der Waals surface area contributed by atoms with Gasteiger partial charge in [0.1, 0.15) is 0 Å². The third-order valence-electron chi connectivity index (χ3n) is 1.58. The molecule has 1 aromatic heterocycles. The van der Waals surface area contributed by atoms with Crippen molar-refractivity contribution in [3.05, 3.63) is 23.9 Å². The van der Waals surface area contributed by atoms with E-state index in [0.717, 1.165) is 25.4 Å². The van der Waals surface area contributed by atoms with E-state index in [4.69, 9.17) is 0 Å². The van der Waals surface area contributed by atoms with Crippen LogP contribution in [0.4, 0.5) is 23.8 Å². The number of alkyl halides is 3. The molecule has 1 heterocycles. The van der Waals surface area contributed by atoms with Gasteiger partial charge in [0, 0.05) is 6.20 Å². The summed E-state index contributed by atoms with van der Waals surface area (Å²) in [6, 6.07) is 1.99. The van der Waals surface area contributed by atoms with E-state index in [9.17, 15) is 18.0 Å². The van der Waals surface area contributed by atoms with Crippen LogP contribution in [0.3, 0.4) is 0 Å². The molecule has 0 fully saturated rings. The molecule has 2 N–H and O–H groups in total. The lowest BCUT2D eigenvalue weighted by Gasteiger charge is -2.12. The Morgan fingerprint density at radius 2 is 2.19 bits per heavy atom. The number of anilines is 1. The Balaban J connectivity index is 2.84. The maximum absolute atomic E-state index is 12.4. The monoisotopic (exact) mass is 235 g/mol. The topological polar surface area (TPSA) is 63.2 Å². The first kappa shape index (κ1) is 12.1. The van der Waals surface area contributed by atoms with Gasteiger partial charge in [0.25, 0.3) is 0 Å². The normalized spacial score (nSPS) is 10.8.